The molecule has 1 N–H and O–H groups in total. The second-order valence-electron chi connectivity index (χ2n) is 4.67. The summed E-state index contributed by atoms with van der Waals surface area (Å²) in [6, 6.07) is 19.1. The lowest BCUT2D eigenvalue weighted by Gasteiger charge is -2.08. The van der Waals surface area contributed by atoms with E-state index in [-0.39, 0.29) is 5.91 Å². The summed E-state index contributed by atoms with van der Waals surface area (Å²) in [5.41, 5.74) is 2.62. The van der Waals surface area contributed by atoms with Gasteiger partial charge in [0, 0.05) is 10.9 Å². The molecule has 22 heavy (non-hydrogen) atoms. The lowest BCUT2D eigenvalue weighted by Crippen LogP contribution is -2.17. The molecular weight excluding hydrogens is 316 g/mol. The number of hydrogen-bond donors (Lipinski definition) is 1. The number of nitrogens with zero attached hydrogens (tertiary/aromatic N) is 1. The van der Waals surface area contributed by atoms with Gasteiger partial charge in [0.05, 0.1) is 5.69 Å². The average Bonchev–Trinajstić information content (AvgIpc) is 3.04. The van der Waals surface area contributed by atoms with Gasteiger partial charge in [-0.2, -0.15) is 0 Å². The van der Waals surface area contributed by atoms with Gasteiger partial charge >= 0.3 is 0 Å². The van der Waals surface area contributed by atoms with Gasteiger partial charge < -0.3 is 5.32 Å². The van der Waals surface area contributed by atoms with Crippen LogP contribution >= 0.6 is 22.9 Å². The van der Waals surface area contributed by atoms with Crippen LogP contribution in [0.15, 0.2) is 66.0 Å². The van der Waals surface area contributed by atoms with Crippen molar-refractivity contribution in [2.45, 2.75) is 5.38 Å². The van der Waals surface area contributed by atoms with Gasteiger partial charge in [-0.05, 0) is 5.56 Å². The number of aromatic nitrogens is 1. The van der Waals surface area contributed by atoms with Gasteiger partial charge in [0.1, 0.15) is 5.38 Å². The highest BCUT2D eigenvalue weighted by atomic mass is 35.5. The van der Waals surface area contributed by atoms with Crippen LogP contribution in [0.4, 0.5) is 5.13 Å². The number of amides is 1. The fourth-order valence-corrected chi connectivity index (χ4v) is 2.94. The minimum Gasteiger partial charge on any atom is -0.300 e. The molecule has 0 aliphatic rings. The van der Waals surface area contributed by atoms with Crippen molar-refractivity contribution in [3.63, 3.8) is 0 Å². The Kier molecular flexibility index (Phi) is 4.51. The summed E-state index contributed by atoms with van der Waals surface area (Å²) in [5, 5.41) is 4.50. The smallest absolute Gasteiger partial charge is 0.248 e. The van der Waals surface area contributed by atoms with Crippen LogP contribution in [-0.2, 0) is 4.79 Å². The van der Waals surface area contributed by atoms with Crippen LogP contribution in [0.5, 0.6) is 0 Å². The standard InChI is InChI=1S/C17H13ClN2OS/c18-15(13-9-5-2-6-10-13)16(21)20-17-19-14(11-22-17)12-7-3-1-4-8-12/h1-11,15H,(H,19,20,21)/t15-/m1/s1. The minimum absolute atomic E-state index is 0.276. The maximum absolute atomic E-state index is 12.2. The average molecular weight is 329 g/mol. The van der Waals surface area contributed by atoms with E-state index >= 15 is 0 Å². The molecule has 1 amide bonds. The lowest BCUT2D eigenvalue weighted by atomic mass is 10.1. The van der Waals surface area contributed by atoms with Crippen molar-refractivity contribution in [1.82, 2.24) is 4.98 Å². The number of carbonyl (C=O) groups is 1. The van der Waals surface area contributed by atoms with E-state index in [4.69, 9.17) is 11.6 Å². The molecule has 0 aliphatic heterocycles. The van der Waals surface area contributed by atoms with Crippen molar-refractivity contribution in [3.8, 4) is 11.3 Å². The van der Waals surface area contributed by atoms with E-state index in [0.29, 0.717) is 5.13 Å². The highest BCUT2D eigenvalue weighted by Crippen LogP contribution is 2.27. The second-order valence-corrected chi connectivity index (χ2v) is 5.96. The number of carbonyl (C=O) groups excluding carboxylic acids is 1. The van der Waals surface area contributed by atoms with Crippen LogP contribution in [0.25, 0.3) is 11.3 Å². The molecule has 0 unspecified atom stereocenters. The topological polar surface area (TPSA) is 42.0 Å². The number of rotatable bonds is 4. The maximum Gasteiger partial charge on any atom is 0.248 e. The molecule has 3 aromatic rings. The number of nitrogens with one attached hydrogen (secondary N) is 1. The van der Waals surface area contributed by atoms with E-state index in [1.54, 1.807) is 0 Å². The molecule has 0 saturated carbocycles. The Morgan fingerprint density at radius 2 is 1.68 bits per heavy atom. The van der Waals surface area contributed by atoms with Crippen molar-refractivity contribution >= 4 is 34.0 Å². The highest BCUT2D eigenvalue weighted by molar-refractivity contribution is 7.14. The molecule has 2 aromatic carbocycles. The molecule has 1 atom stereocenters. The SMILES string of the molecule is O=C(Nc1nc(-c2ccccc2)cs1)[C@H](Cl)c1ccccc1. The van der Waals surface area contributed by atoms with Crippen molar-refractivity contribution < 1.29 is 4.79 Å². The molecule has 5 heteroatoms. The number of alkyl halides is 1. The summed E-state index contributed by atoms with van der Waals surface area (Å²) in [7, 11) is 0. The first-order valence-electron chi connectivity index (χ1n) is 6.75. The number of anilines is 1. The quantitative estimate of drug-likeness (QED) is 0.703. The third kappa shape index (κ3) is 3.35. The molecule has 0 radical (unpaired) electrons. The monoisotopic (exact) mass is 328 g/mol. The first-order valence-corrected chi connectivity index (χ1v) is 8.06. The molecular formula is C17H13ClN2OS. The Morgan fingerprint density at radius 1 is 1.05 bits per heavy atom. The summed E-state index contributed by atoms with van der Waals surface area (Å²) in [5.74, 6) is -0.276. The number of hydrogen-bond acceptors (Lipinski definition) is 3. The van der Waals surface area contributed by atoms with Crippen molar-refractivity contribution in [1.29, 1.82) is 0 Å². The van der Waals surface area contributed by atoms with Gasteiger partial charge in [0.2, 0.25) is 5.91 Å². The first kappa shape index (κ1) is 14.8. The van der Waals surface area contributed by atoms with E-state index in [9.17, 15) is 4.79 Å². The summed E-state index contributed by atoms with van der Waals surface area (Å²) in [6.45, 7) is 0. The van der Waals surface area contributed by atoms with Gasteiger partial charge in [0.15, 0.2) is 5.13 Å². The normalized spacial score (nSPS) is 11.9. The van der Waals surface area contributed by atoms with Crippen molar-refractivity contribution in [2.24, 2.45) is 0 Å². The highest BCUT2D eigenvalue weighted by Gasteiger charge is 2.18. The molecule has 0 fully saturated rings. The Balaban J connectivity index is 1.71. The fraction of sp³-hybridized carbons (Fsp3) is 0.0588. The van der Waals surface area contributed by atoms with Crippen molar-refractivity contribution in [2.75, 3.05) is 5.32 Å². The van der Waals surface area contributed by atoms with Crippen LogP contribution in [0.1, 0.15) is 10.9 Å². The molecule has 3 nitrogen and oxygen atoms in total. The molecule has 3 rings (SSSR count). The maximum atomic E-state index is 12.2. The zero-order valence-corrected chi connectivity index (χ0v) is 13.1. The Labute approximate surface area is 137 Å². The van der Waals surface area contributed by atoms with E-state index in [2.05, 4.69) is 10.3 Å². The minimum atomic E-state index is -0.731. The fourth-order valence-electron chi connectivity index (χ4n) is 2.01. The predicted molar refractivity (Wildman–Crippen MR) is 91.2 cm³/mol. The second kappa shape index (κ2) is 6.73. The first-order chi connectivity index (χ1) is 10.7. The van der Waals surface area contributed by atoms with Crippen LogP contribution in [-0.4, -0.2) is 10.9 Å². The predicted octanol–water partition coefficient (Wildman–Crippen LogP) is 4.73. The largest absolute Gasteiger partial charge is 0.300 e. The third-order valence-electron chi connectivity index (χ3n) is 3.13. The van der Waals surface area contributed by atoms with Crippen LogP contribution in [0.2, 0.25) is 0 Å². The molecule has 0 bridgehead atoms. The van der Waals surface area contributed by atoms with Crippen LogP contribution in [0.3, 0.4) is 0 Å². The molecule has 0 saturated heterocycles. The van der Waals surface area contributed by atoms with Gasteiger partial charge in [-0.15, -0.1) is 22.9 Å². The summed E-state index contributed by atoms with van der Waals surface area (Å²) in [6.07, 6.45) is 0. The van der Waals surface area contributed by atoms with Gasteiger partial charge in [0.25, 0.3) is 0 Å². The van der Waals surface area contributed by atoms with E-state index in [0.717, 1.165) is 16.8 Å². The third-order valence-corrected chi connectivity index (χ3v) is 4.33. The van der Waals surface area contributed by atoms with E-state index in [1.807, 2.05) is 66.0 Å². The number of thiazole rings is 1. The Morgan fingerprint density at radius 3 is 2.36 bits per heavy atom. The van der Waals surface area contributed by atoms with Gasteiger partial charge in [-0.3, -0.25) is 4.79 Å². The van der Waals surface area contributed by atoms with Crippen molar-refractivity contribution in [3.05, 3.63) is 71.6 Å². The Hall–Kier alpha value is -2.17. The van der Waals surface area contributed by atoms with Crippen LogP contribution in [0, 0.1) is 0 Å². The van der Waals surface area contributed by atoms with Gasteiger partial charge in [-0.25, -0.2) is 4.98 Å². The summed E-state index contributed by atoms with van der Waals surface area (Å²) < 4.78 is 0. The summed E-state index contributed by atoms with van der Waals surface area (Å²) in [4.78, 5) is 16.6. The number of benzene rings is 2. The van der Waals surface area contributed by atoms with E-state index < -0.39 is 5.38 Å². The Bertz CT molecular complexity index is 759. The molecule has 1 aromatic heterocycles. The van der Waals surface area contributed by atoms with E-state index in [1.165, 1.54) is 11.3 Å². The molecule has 0 aliphatic carbocycles. The number of halogens is 1. The molecule has 1 heterocycles. The lowest BCUT2D eigenvalue weighted by molar-refractivity contribution is -0.116. The molecule has 110 valence electrons. The zero-order chi connectivity index (χ0) is 15.4. The van der Waals surface area contributed by atoms with Crippen LogP contribution < -0.4 is 5.32 Å². The summed E-state index contributed by atoms with van der Waals surface area (Å²) >= 11 is 7.58. The zero-order valence-electron chi connectivity index (χ0n) is 11.6. The molecule has 0 spiro atoms. The van der Waals surface area contributed by atoms with Gasteiger partial charge in [-0.1, -0.05) is 60.7 Å².